The Hall–Kier alpha value is -2.52. The Morgan fingerprint density at radius 1 is 1.09 bits per heavy atom. The molecule has 7 nitrogen and oxygen atoms in total. The monoisotopic (exact) mass is 492 g/mol. The van der Waals surface area contributed by atoms with Crippen molar-refractivity contribution in [3.63, 3.8) is 0 Å². The molecule has 1 fully saturated rings. The lowest BCUT2D eigenvalue weighted by molar-refractivity contribution is -0.121. The molecule has 168 valence electrons. The van der Waals surface area contributed by atoms with Gasteiger partial charge in [-0.2, -0.15) is 0 Å². The third-order valence-corrected chi connectivity index (χ3v) is 6.27. The maximum atomic E-state index is 13.5. The molecule has 0 atom stereocenters. The Kier molecular flexibility index (Phi) is 7.51. The van der Waals surface area contributed by atoms with Crippen molar-refractivity contribution in [2.75, 3.05) is 37.0 Å². The quantitative estimate of drug-likeness (QED) is 0.481. The molecule has 2 aromatic carbocycles. The van der Waals surface area contributed by atoms with Crippen LogP contribution in [0.3, 0.4) is 0 Å². The molecule has 0 N–H and O–H groups in total. The van der Waals surface area contributed by atoms with E-state index in [0.29, 0.717) is 34.5 Å². The van der Waals surface area contributed by atoms with Gasteiger partial charge in [0, 0.05) is 36.5 Å². The van der Waals surface area contributed by atoms with Gasteiger partial charge < -0.3 is 4.90 Å². The molecule has 0 unspecified atom stereocenters. The number of fused-ring (bicyclic) bond motifs is 1. The molecule has 0 saturated carbocycles. The summed E-state index contributed by atoms with van der Waals surface area (Å²) in [5.41, 5.74) is 1.58. The molecular formula is C22H22Cl2N4O3S. The second-order valence-electron chi connectivity index (χ2n) is 7.54. The molecule has 0 aliphatic carbocycles. The SMILES string of the molecule is CN(C)CCN(C(=O)c1cccc(N2C(=O)CCC2=O)c1)c1nc2ccc(Cl)cc2s1.Cl. The molecule has 32 heavy (non-hydrogen) atoms. The molecule has 1 aromatic heterocycles. The molecule has 3 aromatic rings. The van der Waals surface area contributed by atoms with Crippen LogP contribution in [0.5, 0.6) is 0 Å². The van der Waals surface area contributed by atoms with Crippen LogP contribution >= 0.6 is 35.3 Å². The minimum atomic E-state index is -0.248. The van der Waals surface area contributed by atoms with Gasteiger partial charge in [-0.25, -0.2) is 4.98 Å². The minimum absolute atomic E-state index is 0. The molecule has 1 saturated heterocycles. The van der Waals surface area contributed by atoms with Crippen molar-refractivity contribution >= 4 is 74.1 Å². The van der Waals surface area contributed by atoms with Gasteiger partial charge in [-0.05, 0) is 50.5 Å². The van der Waals surface area contributed by atoms with Gasteiger partial charge in [0.2, 0.25) is 11.8 Å². The number of hydrogen-bond acceptors (Lipinski definition) is 6. The first-order valence-electron chi connectivity index (χ1n) is 9.82. The Balaban J connectivity index is 0.00000289. The van der Waals surface area contributed by atoms with E-state index < -0.39 is 0 Å². The Morgan fingerprint density at radius 2 is 1.81 bits per heavy atom. The fourth-order valence-electron chi connectivity index (χ4n) is 3.38. The van der Waals surface area contributed by atoms with E-state index in [1.54, 1.807) is 35.2 Å². The van der Waals surface area contributed by atoms with Crippen molar-refractivity contribution in [2.24, 2.45) is 0 Å². The van der Waals surface area contributed by atoms with E-state index in [1.807, 2.05) is 31.1 Å². The van der Waals surface area contributed by atoms with E-state index in [0.717, 1.165) is 15.1 Å². The molecule has 0 bridgehead atoms. The first kappa shape index (κ1) is 24.1. The highest BCUT2D eigenvalue weighted by Crippen LogP contribution is 2.32. The topological polar surface area (TPSA) is 73.8 Å². The number of aromatic nitrogens is 1. The number of imide groups is 1. The van der Waals surface area contributed by atoms with Crippen molar-refractivity contribution in [2.45, 2.75) is 12.8 Å². The lowest BCUT2D eigenvalue weighted by Gasteiger charge is -2.22. The summed E-state index contributed by atoms with van der Waals surface area (Å²) >= 11 is 7.50. The number of rotatable bonds is 6. The lowest BCUT2D eigenvalue weighted by Crippen LogP contribution is -2.37. The molecule has 3 amide bonds. The van der Waals surface area contributed by atoms with Gasteiger partial charge in [-0.3, -0.25) is 24.2 Å². The second kappa shape index (κ2) is 9.95. The first-order chi connectivity index (χ1) is 14.8. The van der Waals surface area contributed by atoms with E-state index in [2.05, 4.69) is 4.98 Å². The Morgan fingerprint density at radius 3 is 2.50 bits per heavy atom. The Bertz CT molecular complexity index is 1160. The smallest absolute Gasteiger partial charge is 0.260 e. The fraction of sp³-hybridized carbons (Fsp3) is 0.273. The van der Waals surface area contributed by atoms with Gasteiger partial charge in [0.05, 0.1) is 15.9 Å². The molecule has 1 aliphatic rings. The number of benzene rings is 2. The number of likely N-dealkylation sites (N-methyl/N-ethyl adjacent to an activating group) is 1. The summed E-state index contributed by atoms with van der Waals surface area (Å²) in [6.07, 6.45) is 0.389. The first-order valence-corrected chi connectivity index (χ1v) is 11.0. The van der Waals surface area contributed by atoms with Crippen molar-refractivity contribution in [3.8, 4) is 0 Å². The lowest BCUT2D eigenvalue weighted by atomic mass is 10.1. The van der Waals surface area contributed by atoms with Crippen molar-refractivity contribution in [1.82, 2.24) is 9.88 Å². The van der Waals surface area contributed by atoms with Gasteiger partial charge in [0.1, 0.15) is 0 Å². The highest BCUT2D eigenvalue weighted by molar-refractivity contribution is 7.22. The molecule has 10 heteroatoms. The fourth-order valence-corrected chi connectivity index (χ4v) is 4.65. The van der Waals surface area contributed by atoms with Crippen LogP contribution in [0, 0.1) is 0 Å². The average molecular weight is 493 g/mol. The number of thiazole rings is 1. The van der Waals surface area contributed by atoms with Crippen molar-refractivity contribution in [3.05, 3.63) is 53.1 Å². The molecule has 0 spiro atoms. The number of amides is 3. The van der Waals surface area contributed by atoms with Gasteiger partial charge in [-0.15, -0.1) is 12.4 Å². The van der Waals surface area contributed by atoms with Gasteiger partial charge >= 0.3 is 0 Å². The maximum absolute atomic E-state index is 13.5. The predicted octanol–water partition coefficient (Wildman–Crippen LogP) is 4.23. The van der Waals surface area contributed by atoms with E-state index in [1.165, 1.54) is 11.3 Å². The summed E-state index contributed by atoms with van der Waals surface area (Å²) < 4.78 is 0.896. The summed E-state index contributed by atoms with van der Waals surface area (Å²) in [6, 6.07) is 12.1. The van der Waals surface area contributed by atoms with Gasteiger partial charge in [0.15, 0.2) is 5.13 Å². The summed E-state index contributed by atoms with van der Waals surface area (Å²) in [7, 11) is 3.87. The van der Waals surface area contributed by atoms with Crippen LogP contribution in [0.1, 0.15) is 23.2 Å². The number of halogens is 2. The molecule has 0 radical (unpaired) electrons. The highest BCUT2D eigenvalue weighted by Gasteiger charge is 2.31. The number of carbonyl (C=O) groups excluding carboxylic acids is 3. The number of anilines is 2. The summed E-state index contributed by atoms with van der Waals surface area (Å²) in [6.45, 7) is 1.08. The predicted molar refractivity (Wildman–Crippen MR) is 130 cm³/mol. The summed E-state index contributed by atoms with van der Waals surface area (Å²) in [4.78, 5) is 47.1. The van der Waals surface area contributed by atoms with Crippen LogP contribution in [-0.2, 0) is 9.59 Å². The van der Waals surface area contributed by atoms with E-state index >= 15 is 0 Å². The van der Waals surface area contributed by atoms with Crippen LogP contribution in [0.15, 0.2) is 42.5 Å². The number of hydrogen-bond donors (Lipinski definition) is 0. The van der Waals surface area contributed by atoms with Crippen LogP contribution < -0.4 is 9.80 Å². The zero-order valence-corrected chi connectivity index (χ0v) is 20.0. The van der Waals surface area contributed by atoms with Crippen molar-refractivity contribution in [1.29, 1.82) is 0 Å². The van der Waals surface area contributed by atoms with Crippen LogP contribution in [-0.4, -0.2) is 54.8 Å². The average Bonchev–Trinajstić information content (AvgIpc) is 3.30. The highest BCUT2D eigenvalue weighted by atomic mass is 35.5. The van der Waals surface area contributed by atoms with E-state index in [9.17, 15) is 14.4 Å². The normalized spacial score (nSPS) is 13.7. The number of carbonyl (C=O) groups is 3. The Labute approximate surface area is 201 Å². The van der Waals surface area contributed by atoms with Gasteiger partial charge in [-0.1, -0.05) is 29.0 Å². The van der Waals surface area contributed by atoms with Crippen LogP contribution in [0.25, 0.3) is 10.2 Å². The zero-order valence-electron chi connectivity index (χ0n) is 17.6. The molecule has 4 rings (SSSR count). The zero-order chi connectivity index (χ0) is 22.1. The third kappa shape index (κ3) is 4.94. The third-order valence-electron chi connectivity index (χ3n) is 4.99. The van der Waals surface area contributed by atoms with E-state index in [4.69, 9.17) is 11.6 Å². The van der Waals surface area contributed by atoms with Crippen LogP contribution in [0.4, 0.5) is 10.8 Å². The largest absolute Gasteiger partial charge is 0.308 e. The summed E-state index contributed by atoms with van der Waals surface area (Å²) in [5, 5.41) is 1.18. The summed E-state index contributed by atoms with van der Waals surface area (Å²) in [5.74, 6) is -0.739. The standard InChI is InChI=1S/C22H21ClN4O3S.ClH/c1-25(2)10-11-26(22-24-17-7-6-15(23)13-18(17)31-22)21(30)14-4-3-5-16(12-14)27-19(28)8-9-20(27)29;/h3-7,12-13H,8-11H2,1-2H3;1H. The van der Waals surface area contributed by atoms with Crippen molar-refractivity contribution < 1.29 is 14.4 Å². The molecule has 2 heterocycles. The molecule has 1 aliphatic heterocycles. The second-order valence-corrected chi connectivity index (χ2v) is 8.99. The minimum Gasteiger partial charge on any atom is -0.308 e. The maximum Gasteiger partial charge on any atom is 0.260 e. The molecular weight excluding hydrogens is 471 g/mol. The van der Waals surface area contributed by atoms with E-state index in [-0.39, 0.29) is 43.0 Å². The number of nitrogens with zero attached hydrogens (tertiary/aromatic N) is 4. The van der Waals surface area contributed by atoms with Crippen LogP contribution in [0.2, 0.25) is 5.02 Å². The van der Waals surface area contributed by atoms with Gasteiger partial charge in [0.25, 0.3) is 5.91 Å².